The monoisotopic (exact) mass is 297 g/mol. The number of nitrogens with one attached hydrogen (secondary N) is 1. The van der Waals surface area contributed by atoms with Gasteiger partial charge in [0.15, 0.2) is 5.82 Å². The van der Waals surface area contributed by atoms with Crippen LogP contribution in [0, 0.1) is 6.92 Å². The molecule has 1 aliphatic rings. The molecule has 0 fully saturated rings. The molecule has 0 aliphatic heterocycles. The number of hydrogen-bond donors (Lipinski definition) is 1. The lowest BCUT2D eigenvalue weighted by Crippen LogP contribution is -2.00. The molecule has 0 bridgehead atoms. The van der Waals surface area contributed by atoms with E-state index in [9.17, 15) is 0 Å². The average molecular weight is 297 g/mol. The van der Waals surface area contributed by atoms with Crippen LogP contribution in [0.15, 0.2) is 12.4 Å². The van der Waals surface area contributed by atoms with E-state index in [1.807, 2.05) is 14.0 Å². The summed E-state index contributed by atoms with van der Waals surface area (Å²) in [5, 5.41) is 4.39. The molecule has 0 amide bonds. The summed E-state index contributed by atoms with van der Waals surface area (Å²) in [4.78, 5) is 20.5. The molecule has 0 aromatic carbocycles. The Hall–Kier alpha value is -2.08. The van der Waals surface area contributed by atoms with Crippen molar-refractivity contribution < 1.29 is 0 Å². The molecule has 3 heterocycles. The van der Waals surface area contributed by atoms with Gasteiger partial charge in [-0.3, -0.25) is 0 Å². The van der Waals surface area contributed by atoms with Gasteiger partial charge in [-0.05, 0) is 37.3 Å². The summed E-state index contributed by atoms with van der Waals surface area (Å²) in [5.74, 6) is 2.05. The number of rotatable bonds is 2. The maximum absolute atomic E-state index is 4.69. The highest BCUT2D eigenvalue weighted by atomic mass is 32.1. The van der Waals surface area contributed by atoms with Gasteiger partial charge in [-0.25, -0.2) is 19.9 Å². The van der Waals surface area contributed by atoms with E-state index < -0.39 is 0 Å². The van der Waals surface area contributed by atoms with Gasteiger partial charge in [-0.1, -0.05) is 0 Å². The molecule has 21 heavy (non-hydrogen) atoms. The second kappa shape index (κ2) is 4.73. The summed E-state index contributed by atoms with van der Waals surface area (Å²) < 4.78 is 0. The normalized spacial score (nSPS) is 13.6. The van der Waals surface area contributed by atoms with Gasteiger partial charge in [0, 0.05) is 24.3 Å². The Morgan fingerprint density at radius 3 is 2.67 bits per heavy atom. The predicted molar refractivity (Wildman–Crippen MR) is 84.7 cm³/mol. The first-order valence-corrected chi connectivity index (χ1v) is 7.87. The van der Waals surface area contributed by atoms with Crippen LogP contribution in [-0.4, -0.2) is 27.0 Å². The van der Waals surface area contributed by atoms with Crippen LogP contribution in [-0.2, 0) is 12.8 Å². The van der Waals surface area contributed by atoms with Gasteiger partial charge in [0.1, 0.15) is 10.6 Å². The Labute approximate surface area is 126 Å². The van der Waals surface area contributed by atoms with Crippen molar-refractivity contribution in [3.63, 3.8) is 0 Å². The first-order valence-electron chi connectivity index (χ1n) is 7.05. The summed E-state index contributed by atoms with van der Waals surface area (Å²) in [6.07, 6.45) is 7.12. The zero-order valence-corrected chi connectivity index (χ0v) is 12.8. The fourth-order valence-corrected chi connectivity index (χ4v) is 4.05. The smallest absolute Gasteiger partial charge is 0.201 e. The minimum absolute atomic E-state index is 0.576. The minimum Gasteiger partial charge on any atom is -0.372 e. The van der Waals surface area contributed by atoms with Crippen molar-refractivity contribution in [3.05, 3.63) is 28.4 Å². The van der Waals surface area contributed by atoms with E-state index in [1.54, 1.807) is 23.7 Å². The Morgan fingerprint density at radius 2 is 1.90 bits per heavy atom. The van der Waals surface area contributed by atoms with Gasteiger partial charge in [-0.2, -0.15) is 0 Å². The molecular weight excluding hydrogens is 282 g/mol. The van der Waals surface area contributed by atoms with E-state index in [2.05, 4.69) is 25.3 Å². The van der Waals surface area contributed by atoms with E-state index in [-0.39, 0.29) is 0 Å². The molecule has 1 N–H and O–H groups in total. The van der Waals surface area contributed by atoms with Crippen LogP contribution in [0.2, 0.25) is 0 Å². The second-order valence-corrected chi connectivity index (χ2v) is 6.35. The lowest BCUT2D eigenvalue weighted by atomic mass is 10.2. The van der Waals surface area contributed by atoms with E-state index in [0.29, 0.717) is 11.6 Å². The van der Waals surface area contributed by atoms with Crippen LogP contribution in [0.1, 0.15) is 22.4 Å². The standard InChI is InChI=1S/C15H15N5S/c1-8-6-17-13(18-7-8)14-19-12(16-2)11-9-4-3-5-10(9)21-15(11)20-14/h6-7H,3-5H2,1-2H3,(H,16,19,20). The third-order valence-corrected chi connectivity index (χ3v) is 4.97. The molecule has 6 heteroatoms. The van der Waals surface area contributed by atoms with Gasteiger partial charge in [0.2, 0.25) is 5.82 Å². The number of aromatic nitrogens is 4. The molecular formula is C15H15N5S. The number of nitrogens with zero attached hydrogens (tertiary/aromatic N) is 4. The fraction of sp³-hybridized carbons (Fsp3) is 0.333. The number of aryl methyl sites for hydroxylation is 3. The molecule has 3 aromatic rings. The largest absolute Gasteiger partial charge is 0.372 e. The Morgan fingerprint density at radius 1 is 1.10 bits per heavy atom. The first kappa shape index (κ1) is 12.6. The molecule has 3 aromatic heterocycles. The molecule has 0 saturated heterocycles. The summed E-state index contributed by atoms with van der Waals surface area (Å²) in [5.41, 5.74) is 2.46. The Balaban J connectivity index is 1.94. The zero-order valence-electron chi connectivity index (χ0n) is 12.0. The molecule has 1 aliphatic carbocycles. The van der Waals surface area contributed by atoms with E-state index in [1.165, 1.54) is 22.2 Å². The number of fused-ring (bicyclic) bond motifs is 3. The quantitative estimate of drug-likeness (QED) is 0.788. The van der Waals surface area contributed by atoms with Gasteiger partial charge in [0.05, 0.1) is 5.39 Å². The lowest BCUT2D eigenvalue weighted by Gasteiger charge is -2.06. The average Bonchev–Trinajstić information content (AvgIpc) is 3.07. The van der Waals surface area contributed by atoms with Crippen molar-refractivity contribution in [1.82, 2.24) is 19.9 Å². The molecule has 5 nitrogen and oxygen atoms in total. The van der Waals surface area contributed by atoms with Crippen molar-refractivity contribution >= 4 is 27.4 Å². The summed E-state index contributed by atoms with van der Waals surface area (Å²) in [7, 11) is 1.90. The van der Waals surface area contributed by atoms with Crippen molar-refractivity contribution in [1.29, 1.82) is 0 Å². The summed E-state index contributed by atoms with van der Waals surface area (Å²) in [6, 6.07) is 0. The van der Waals surface area contributed by atoms with Crippen molar-refractivity contribution in [2.45, 2.75) is 26.2 Å². The molecule has 0 atom stereocenters. The van der Waals surface area contributed by atoms with Crippen LogP contribution in [0.25, 0.3) is 21.9 Å². The van der Waals surface area contributed by atoms with Crippen LogP contribution in [0.3, 0.4) is 0 Å². The second-order valence-electron chi connectivity index (χ2n) is 5.27. The Kier molecular flexibility index (Phi) is 2.85. The minimum atomic E-state index is 0.576. The third-order valence-electron chi connectivity index (χ3n) is 3.78. The van der Waals surface area contributed by atoms with Gasteiger partial charge in [-0.15, -0.1) is 11.3 Å². The predicted octanol–water partition coefficient (Wildman–Crippen LogP) is 2.99. The van der Waals surface area contributed by atoms with Gasteiger partial charge in [0.25, 0.3) is 0 Å². The molecule has 106 valence electrons. The first-order chi connectivity index (χ1) is 10.3. The maximum atomic E-state index is 4.69. The lowest BCUT2D eigenvalue weighted by molar-refractivity contribution is 0.917. The van der Waals surface area contributed by atoms with Crippen molar-refractivity contribution in [3.8, 4) is 11.6 Å². The topological polar surface area (TPSA) is 63.6 Å². The number of hydrogen-bond acceptors (Lipinski definition) is 6. The number of anilines is 1. The molecule has 0 unspecified atom stereocenters. The van der Waals surface area contributed by atoms with Crippen LogP contribution >= 0.6 is 11.3 Å². The third kappa shape index (κ3) is 1.98. The summed E-state index contributed by atoms with van der Waals surface area (Å²) >= 11 is 1.78. The van der Waals surface area contributed by atoms with Crippen molar-refractivity contribution in [2.75, 3.05) is 12.4 Å². The molecule has 0 radical (unpaired) electrons. The van der Waals surface area contributed by atoms with Crippen LogP contribution in [0.4, 0.5) is 5.82 Å². The highest BCUT2D eigenvalue weighted by Crippen LogP contribution is 2.39. The number of thiophene rings is 1. The zero-order chi connectivity index (χ0) is 14.4. The maximum Gasteiger partial charge on any atom is 0.201 e. The van der Waals surface area contributed by atoms with Crippen LogP contribution < -0.4 is 5.32 Å². The van der Waals surface area contributed by atoms with Crippen LogP contribution in [0.5, 0.6) is 0 Å². The molecule has 0 spiro atoms. The molecule has 4 rings (SSSR count). The van der Waals surface area contributed by atoms with Crippen molar-refractivity contribution in [2.24, 2.45) is 0 Å². The van der Waals surface area contributed by atoms with E-state index >= 15 is 0 Å². The van der Waals surface area contributed by atoms with Gasteiger partial charge >= 0.3 is 0 Å². The fourth-order valence-electron chi connectivity index (χ4n) is 2.78. The summed E-state index contributed by atoms with van der Waals surface area (Å²) in [6.45, 7) is 1.97. The highest BCUT2D eigenvalue weighted by Gasteiger charge is 2.22. The Bertz CT molecular complexity index is 822. The SMILES string of the molecule is CNc1nc(-c2ncc(C)cn2)nc2sc3c(c12)CCC3. The van der Waals surface area contributed by atoms with E-state index in [0.717, 1.165) is 29.1 Å². The van der Waals surface area contributed by atoms with Gasteiger partial charge < -0.3 is 5.32 Å². The highest BCUT2D eigenvalue weighted by molar-refractivity contribution is 7.19. The molecule has 0 saturated carbocycles. The van der Waals surface area contributed by atoms with E-state index in [4.69, 9.17) is 0 Å².